The predicted octanol–water partition coefficient (Wildman–Crippen LogP) is 4.67. The number of benzene rings is 1. The predicted molar refractivity (Wildman–Crippen MR) is 72.9 cm³/mol. The molecule has 0 radical (unpaired) electrons. The van der Waals surface area contributed by atoms with Gasteiger partial charge in [-0.15, -0.1) is 0 Å². The average Bonchev–Trinajstić information content (AvgIpc) is 2.46. The van der Waals surface area contributed by atoms with Crippen molar-refractivity contribution in [3.8, 4) is 0 Å². The second-order valence-corrected chi connectivity index (χ2v) is 5.36. The van der Waals surface area contributed by atoms with E-state index in [9.17, 15) is 22.4 Å². The number of carbonyl (C=O) groups excluding carboxylic acids is 1. The van der Waals surface area contributed by atoms with Crippen LogP contribution in [-0.2, 0) is 0 Å². The van der Waals surface area contributed by atoms with Crippen molar-refractivity contribution in [2.45, 2.75) is 38.0 Å². The molecule has 0 amide bonds. The monoisotopic (exact) mass is 308 g/mol. The molecule has 1 nitrogen and oxygen atoms in total. The Kier molecular flexibility index (Phi) is 7.65. The van der Waals surface area contributed by atoms with Crippen LogP contribution in [0.2, 0.25) is 0 Å². The first kappa shape index (κ1) is 17.0. The van der Waals surface area contributed by atoms with E-state index >= 15 is 0 Å². The van der Waals surface area contributed by atoms with E-state index in [2.05, 4.69) is 0 Å². The molecule has 2 atom stereocenters. The van der Waals surface area contributed by atoms with Crippen LogP contribution in [0.4, 0.5) is 17.6 Å². The molecule has 0 aromatic heterocycles. The highest BCUT2D eigenvalue weighted by molar-refractivity contribution is 8.14. The molecule has 0 spiro atoms. The van der Waals surface area contributed by atoms with Crippen LogP contribution in [0, 0.1) is 0 Å². The highest BCUT2D eigenvalue weighted by Gasteiger charge is 2.28. The number of hydrogen-bond donors (Lipinski definition) is 0. The molecule has 1 aromatic carbocycles. The van der Waals surface area contributed by atoms with Gasteiger partial charge in [0.15, 0.2) is 6.17 Å². The molecule has 0 bridgehead atoms. The van der Waals surface area contributed by atoms with Gasteiger partial charge in [0.05, 0.1) is 0 Å². The maximum absolute atomic E-state index is 13.0. The van der Waals surface area contributed by atoms with Crippen LogP contribution in [0.3, 0.4) is 0 Å². The Bertz CT molecular complexity index is 399. The molecule has 112 valence electrons. The Balaban J connectivity index is 2.15. The zero-order chi connectivity index (χ0) is 15.0. The molecule has 0 N–H and O–H groups in total. The highest BCUT2D eigenvalue weighted by atomic mass is 32.2. The van der Waals surface area contributed by atoms with Crippen LogP contribution < -0.4 is 0 Å². The molecule has 1 rings (SSSR count). The lowest BCUT2D eigenvalue weighted by molar-refractivity contribution is 0.000641. The van der Waals surface area contributed by atoms with Gasteiger partial charge < -0.3 is 0 Å². The second-order valence-electron chi connectivity index (χ2n) is 4.29. The van der Waals surface area contributed by atoms with Crippen LogP contribution in [0.1, 0.15) is 29.6 Å². The van der Waals surface area contributed by atoms with Crippen molar-refractivity contribution in [2.75, 3.05) is 5.75 Å². The fourth-order valence-electron chi connectivity index (χ4n) is 1.58. The number of thioether (sulfide) groups is 1. The SMILES string of the molecule is O=C(SCCCCC(F)C(F)C(F)F)c1ccccc1. The summed E-state index contributed by atoms with van der Waals surface area (Å²) in [4.78, 5) is 11.7. The smallest absolute Gasteiger partial charge is 0.272 e. The summed E-state index contributed by atoms with van der Waals surface area (Å²) < 4.78 is 49.3. The summed E-state index contributed by atoms with van der Waals surface area (Å²) in [6.07, 6.45) is -7.60. The van der Waals surface area contributed by atoms with Crippen molar-refractivity contribution >= 4 is 16.9 Å². The van der Waals surface area contributed by atoms with Gasteiger partial charge in [-0.1, -0.05) is 42.1 Å². The number of unbranched alkanes of at least 4 members (excludes halogenated alkanes) is 1. The summed E-state index contributed by atoms with van der Waals surface area (Å²) >= 11 is 1.09. The van der Waals surface area contributed by atoms with Gasteiger partial charge in [-0.2, -0.15) is 0 Å². The minimum atomic E-state index is -3.28. The minimum absolute atomic E-state index is 0.0849. The molecule has 20 heavy (non-hydrogen) atoms. The molecule has 6 heteroatoms. The summed E-state index contributed by atoms with van der Waals surface area (Å²) in [6, 6.07) is 8.71. The molecule has 0 saturated carbocycles. The highest BCUT2D eigenvalue weighted by Crippen LogP contribution is 2.19. The van der Waals surface area contributed by atoms with Crippen LogP contribution in [-0.4, -0.2) is 29.6 Å². The molecular formula is C14H16F4OS. The van der Waals surface area contributed by atoms with Gasteiger partial charge in [0.2, 0.25) is 5.12 Å². The van der Waals surface area contributed by atoms with Gasteiger partial charge in [-0.25, -0.2) is 17.6 Å². The molecule has 0 heterocycles. The van der Waals surface area contributed by atoms with Gasteiger partial charge in [0, 0.05) is 11.3 Å². The summed E-state index contributed by atoms with van der Waals surface area (Å²) in [5.41, 5.74) is 0.586. The third kappa shape index (κ3) is 5.94. The average molecular weight is 308 g/mol. The first-order valence-corrected chi connectivity index (χ1v) is 7.29. The lowest BCUT2D eigenvalue weighted by Gasteiger charge is -2.12. The number of carbonyl (C=O) groups is 1. The van der Waals surface area contributed by atoms with Crippen LogP contribution >= 0.6 is 11.8 Å². The van der Waals surface area contributed by atoms with E-state index in [1.165, 1.54) is 0 Å². The molecule has 0 aliphatic carbocycles. The second kappa shape index (κ2) is 9.00. The Morgan fingerprint density at radius 3 is 2.30 bits per heavy atom. The summed E-state index contributed by atoms with van der Waals surface area (Å²) in [6.45, 7) is 0. The van der Waals surface area contributed by atoms with E-state index in [0.29, 0.717) is 17.7 Å². The lowest BCUT2D eigenvalue weighted by Crippen LogP contribution is -2.24. The Labute approximate surface area is 119 Å². The van der Waals surface area contributed by atoms with Crippen LogP contribution in [0.5, 0.6) is 0 Å². The van der Waals surface area contributed by atoms with Crippen molar-refractivity contribution < 1.29 is 22.4 Å². The molecule has 1 aromatic rings. The third-order valence-corrected chi connectivity index (χ3v) is 3.69. The number of halogens is 4. The third-order valence-electron chi connectivity index (χ3n) is 2.70. The van der Waals surface area contributed by atoms with Crippen LogP contribution in [0.15, 0.2) is 30.3 Å². The first-order chi connectivity index (χ1) is 9.52. The van der Waals surface area contributed by atoms with E-state index in [1.54, 1.807) is 30.3 Å². The van der Waals surface area contributed by atoms with Gasteiger partial charge >= 0.3 is 0 Å². The molecule has 0 fully saturated rings. The van der Waals surface area contributed by atoms with E-state index in [4.69, 9.17) is 0 Å². The number of alkyl halides is 4. The topological polar surface area (TPSA) is 17.1 Å². The van der Waals surface area contributed by atoms with Crippen molar-refractivity contribution in [1.29, 1.82) is 0 Å². The Morgan fingerprint density at radius 1 is 1.05 bits per heavy atom. The number of hydrogen-bond acceptors (Lipinski definition) is 2. The summed E-state index contributed by atoms with van der Waals surface area (Å²) in [5.74, 6) is 0.464. The van der Waals surface area contributed by atoms with Crippen molar-refractivity contribution in [2.24, 2.45) is 0 Å². The summed E-state index contributed by atoms with van der Waals surface area (Å²) in [5, 5.41) is -0.0849. The Morgan fingerprint density at radius 2 is 1.70 bits per heavy atom. The largest absolute Gasteiger partial charge is 0.282 e. The zero-order valence-corrected chi connectivity index (χ0v) is 11.6. The first-order valence-electron chi connectivity index (χ1n) is 6.31. The lowest BCUT2D eigenvalue weighted by atomic mass is 10.1. The molecule has 0 saturated heterocycles. The zero-order valence-electron chi connectivity index (χ0n) is 10.8. The molecule has 0 aliphatic heterocycles. The minimum Gasteiger partial charge on any atom is -0.282 e. The van der Waals surface area contributed by atoms with E-state index in [0.717, 1.165) is 11.8 Å². The standard InChI is InChI=1S/C14H16F4OS/c15-11(12(16)13(17)18)8-4-5-9-20-14(19)10-6-2-1-3-7-10/h1-3,6-7,11-13H,4-5,8-9H2. The fourth-order valence-corrected chi connectivity index (χ4v) is 2.42. The van der Waals surface area contributed by atoms with Crippen LogP contribution in [0.25, 0.3) is 0 Å². The maximum Gasteiger partial charge on any atom is 0.272 e. The molecule has 2 unspecified atom stereocenters. The number of rotatable bonds is 8. The molecule has 0 aliphatic rings. The normalized spacial score (nSPS) is 14.2. The van der Waals surface area contributed by atoms with E-state index in [1.807, 2.05) is 0 Å². The van der Waals surface area contributed by atoms with Gasteiger partial charge in [0.25, 0.3) is 6.43 Å². The Hall–Kier alpha value is -1.04. The van der Waals surface area contributed by atoms with Gasteiger partial charge in [-0.05, 0) is 19.3 Å². The van der Waals surface area contributed by atoms with E-state index < -0.39 is 18.8 Å². The van der Waals surface area contributed by atoms with Gasteiger partial charge in [0.1, 0.15) is 6.17 Å². The van der Waals surface area contributed by atoms with E-state index in [-0.39, 0.29) is 18.0 Å². The van der Waals surface area contributed by atoms with Crippen molar-refractivity contribution in [3.05, 3.63) is 35.9 Å². The maximum atomic E-state index is 13.0. The summed E-state index contributed by atoms with van der Waals surface area (Å²) in [7, 11) is 0. The fraction of sp³-hybridized carbons (Fsp3) is 0.500. The molecular weight excluding hydrogens is 292 g/mol. The van der Waals surface area contributed by atoms with Crippen molar-refractivity contribution in [1.82, 2.24) is 0 Å². The van der Waals surface area contributed by atoms with Gasteiger partial charge in [-0.3, -0.25) is 4.79 Å². The van der Waals surface area contributed by atoms with Crippen molar-refractivity contribution in [3.63, 3.8) is 0 Å². The quantitative estimate of drug-likeness (QED) is 0.513.